The number of thiocarbonyl (C=S) groups is 1. The monoisotopic (exact) mass is 453 g/mol. The molecule has 0 aliphatic carbocycles. The van der Waals surface area contributed by atoms with E-state index in [1.807, 2.05) is 0 Å². The van der Waals surface area contributed by atoms with Gasteiger partial charge in [-0.15, -0.1) is 0 Å². The van der Waals surface area contributed by atoms with Gasteiger partial charge in [-0.2, -0.15) is 9.97 Å². The van der Waals surface area contributed by atoms with Crippen LogP contribution in [0, 0.1) is 5.92 Å². The molecule has 32 heavy (non-hydrogen) atoms. The van der Waals surface area contributed by atoms with E-state index in [1.165, 1.54) is 18.5 Å². The van der Waals surface area contributed by atoms with E-state index in [4.69, 9.17) is 22.2 Å². The summed E-state index contributed by atoms with van der Waals surface area (Å²) in [6.07, 6.45) is 3.51. The van der Waals surface area contributed by atoms with Gasteiger partial charge in [-0.1, -0.05) is 32.0 Å². The minimum Gasteiger partial charge on any atom is -0.368 e. The minimum absolute atomic E-state index is 0.579. The molecular formula is C24H35N7S. The molecule has 2 aliphatic rings. The Morgan fingerprint density at radius 2 is 1.69 bits per heavy atom. The summed E-state index contributed by atoms with van der Waals surface area (Å²) in [4.78, 5) is 16.9. The van der Waals surface area contributed by atoms with Crippen molar-refractivity contribution >= 4 is 40.6 Å². The first-order valence-corrected chi connectivity index (χ1v) is 12.3. The molecule has 0 unspecified atom stereocenters. The number of nitrogens with one attached hydrogen (secondary N) is 2. The normalized spacial score (nSPS) is 19.1. The summed E-state index contributed by atoms with van der Waals surface area (Å²) >= 11 is 5.45. The van der Waals surface area contributed by atoms with Crippen LogP contribution < -0.4 is 25.3 Å². The standard InChI is InChI=1S/C24H35N7S/c1-3-11-25-24(32)28-23-26-21(17-22(27-23)31-12-7-8-19(2)18-31)30-15-13-29(14-16-30)20-9-5-4-6-10-20/h4-6,9-10,17,19H,3,7-8,11-16,18H2,1-2H3,(H2,25,26,27,28,32)/t19-/m1/s1. The summed E-state index contributed by atoms with van der Waals surface area (Å²) < 4.78 is 0. The lowest BCUT2D eigenvalue weighted by Gasteiger charge is -2.37. The Balaban J connectivity index is 1.51. The predicted octanol–water partition coefficient (Wildman–Crippen LogP) is 3.74. The second-order valence-electron chi connectivity index (χ2n) is 8.79. The summed E-state index contributed by atoms with van der Waals surface area (Å²) in [5.41, 5.74) is 1.28. The first-order valence-electron chi connectivity index (χ1n) is 11.9. The molecule has 1 aromatic heterocycles. The van der Waals surface area contributed by atoms with E-state index < -0.39 is 0 Å². The first-order chi connectivity index (χ1) is 15.6. The van der Waals surface area contributed by atoms with Crippen LogP contribution in [0.1, 0.15) is 33.1 Å². The van der Waals surface area contributed by atoms with Crippen LogP contribution in [0.2, 0.25) is 0 Å². The highest BCUT2D eigenvalue weighted by Gasteiger charge is 2.23. The van der Waals surface area contributed by atoms with Gasteiger partial charge in [-0.3, -0.25) is 0 Å². The number of rotatable bonds is 6. The van der Waals surface area contributed by atoms with Crippen molar-refractivity contribution in [2.24, 2.45) is 5.92 Å². The molecule has 2 aliphatic heterocycles. The van der Waals surface area contributed by atoms with Crippen molar-refractivity contribution in [3.8, 4) is 0 Å². The van der Waals surface area contributed by atoms with Crippen LogP contribution >= 0.6 is 12.2 Å². The molecular weight excluding hydrogens is 418 g/mol. The van der Waals surface area contributed by atoms with Gasteiger partial charge >= 0.3 is 0 Å². The fourth-order valence-electron chi connectivity index (χ4n) is 4.42. The number of anilines is 4. The van der Waals surface area contributed by atoms with Gasteiger partial charge in [-0.25, -0.2) is 0 Å². The molecule has 8 heteroatoms. The third kappa shape index (κ3) is 5.79. The summed E-state index contributed by atoms with van der Waals surface area (Å²) in [5, 5.41) is 7.01. The number of aromatic nitrogens is 2. The second kappa shape index (κ2) is 10.8. The van der Waals surface area contributed by atoms with Gasteiger partial charge < -0.3 is 25.3 Å². The van der Waals surface area contributed by atoms with Gasteiger partial charge in [0.15, 0.2) is 5.11 Å². The maximum atomic E-state index is 5.45. The summed E-state index contributed by atoms with van der Waals surface area (Å²) in [6.45, 7) is 11.2. The van der Waals surface area contributed by atoms with Crippen LogP contribution in [0.4, 0.5) is 23.3 Å². The zero-order chi connectivity index (χ0) is 22.3. The fraction of sp³-hybridized carbons (Fsp3) is 0.542. The minimum atomic E-state index is 0.579. The third-order valence-corrected chi connectivity index (χ3v) is 6.41. The number of nitrogens with zero attached hydrogens (tertiary/aromatic N) is 5. The van der Waals surface area contributed by atoms with E-state index in [1.54, 1.807) is 0 Å². The lowest BCUT2D eigenvalue weighted by atomic mass is 10.0. The Morgan fingerprint density at radius 1 is 1.00 bits per heavy atom. The number of piperidine rings is 1. The number of piperazine rings is 1. The highest BCUT2D eigenvalue weighted by atomic mass is 32.1. The largest absolute Gasteiger partial charge is 0.368 e. The summed E-state index contributed by atoms with van der Waals surface area (Å²) in [7, 11) is 0. The molecule has 1 atom stereocenters. The SMILES string of the molecule is CCCNC(=S)Nc1nc(N2CCN(c3ccccc3)CC2)cc(N2CCC[C@@H](C)C2)n1. The van der Waals surface area contributed by atoms with Crippen molar-refractivity contribution < 1.29 is 0 Å². The maximum absolute atomic E-state index is 5.45. The van der Waals surface area contributed by atoms with Crippen molar-refractivity contribution in [1.29, 1.82) is 0 Å². The molecule has 0 saturated carbocycles. The van der Waals surface area contributed by atoms with E-state index in [2.05, 4.69) is 75.6 Å². The number of benzene rings is 1. The van der Waals surface area contributed by atoms with Crippen molar-refractivity contribution in [2.45, 2.75) is 33.1 Å². The highest BCUT2D eigenvalue weighted by Crippen LogP contribution is 2.27. The molecule has 2 saturated heterocycles. The number of hydrogen-bond donors (Lipinski definition) is 2. The highest BCUT2D eigenvalue weighted by molar-refractivity contribution is 7.80. The van der Waals surface area contributed by atoms with Gasteiger partial charge in [-0.05, 0) is 49.5 Å². The Kier molecular flexibility index (Phi) is 7.63. The van der Waals surface area contributed by atoms with Gasteiger partial charge in [0.25, 0.3) is 0 Å². The summed E-state index contributed by atoms with van der Waals surface area (Å²) in [6, 6.07) is 12.8. The fourth-order valence-corrected chi connectivity index (χ4v) is 4.61. The average molecular weight is 454 g/mol. The molecule has 2 aromatic rings. The molecule has 4 rings (SSSR count). The zero-order valence-corrected chi connectivity index (χ0v) is 20.1. The Bertz CT molecular complexity index is 883. The number of hydrogen-bond acceptors (Lipinski definition) is 6. The van der Waals surface area contributed by atoms with Crippen LogP contribution in [0.3, 0.4) is 0 Å². The Morgan fingerprint density at radius 3 is 2.38 bits per heavy atom. The van der Waals surface area contributed by atoms with Gasteiger partial charge in [0, 0.05) is 57.6 Å². The van der Waals surface area contributed by atoms with Crippen molar-refractivity contribution in [2.75, 3.05) is 65.8 Å². The molecule has 2 N–H and O–H groups in total. The van der Waals surface area contributed by atoms with Crippen LogP contribution in [0.15, 0.2) is 36.4 Å². The van der Waals surface area contributed by atoms with Gasteiger partial charge in [0.2, 0.25) is 5.95 Å². The van der Waals surface area contributed by atoms with Crippen molar-refractivity contribution in [3.63, 3.8) is 0 Å². The average Bonchev–Trinajstić information content (AvgIpc) is 2.83. The van der Waals surface area contributed by atoms with Crippen LogP contribution in [-0.4, -0.2) is 60.9 Å². The van der Waals surface area contributed by atoms with Crippen LogP contribution in [0.25, 0.3) is 0 Å². The quantitative estimate of drug-likeness (QED) is 0.642. The Hall–Kier alpha value is -2.61. The lowest BCUT2D eigenvalue weighted by molar-refractivity contribution is 0.444. The molecule has 1 aromatic carbocycles. The smallest absolute Gasteiger partial charge is 0.232 e. The molecule has 0 amide bonds. The lowest BCUT2D eigenvalue weighted by Crippen LogP contribution is -2.47. The van der Waals surface area contributed by atoms with Crippen molar-refractivity contribution in [3.05, 3.63) is 36.4 Å². The molecule has 172 valence electrons. The van der Waals surface area contributed by atoms with E-state index >= 15 is 0 Å². The molecule has 7 nitrogen and oxygen atoms in total. The van der Waals surface area contributed by atoms with E-state index in [9.17, 15) is 0 Å². The van der Waals surface area contributed by atoms with E-state index in [0.29, 0.717) is 17.0 Å². The number of para-hydroxylation sites is 1. The Labute approximate surface area is 197 Å². The van der Waals surface area contributed by atoms with Crippen LogP contribution in [-0.2, 0) is 0 Å². The summed E-state index contributed by atoms with van der Waals surface area (Å²) in [5.74, 6) is 3.23. The molecule has 0 spiro atoms. The van der Waals surface area contributed by atoms with E-state index in [-0.39, 0.29) is 0 Å². The molecule has 0 radical (unpaired) electrons. The molecule has 2 fully saturated rings. The molecule has 0 bridgehead atoms. The van der Waals surface area contributed by atoms with Gasteiger partial charge in [0.05, 0.1) is 0 Å². The third-order valence-electron chi connectivity index (χ3n) is 6.17. The topological polar surface area (TPSA) is 59.6 Å². The zero-order valence-electron chi connectivity index (χ0n) is 19.3. The predicted molar refractivity (Wildman–Crippen MR) is 138 cm³/mol. The first kappa shape index (κ1) is 22.6. The molecule has 3 heterocycles. The maximum Gasteiger partial charge on any atom is 0.232 e. The van der Waals surface area contributed by atoms with Crippen molar-refractivity contribution in [1.82, 2.24) is 15.3 Å². The second-order valence-corrected chi connectivity index (χ2v) is 9.20. The van der Waals surface area contributed by atoms with Gasteiger partial charge in [0.1, 0.15) is 11.6 Å². The van der Waals surface area contributed by atoms with Crippen LogP contribution in [0.5, 0.6) is 0 Å². The van der Waals surface area contributed by atoms with E-state index in [0.717, 1.165) is 63.9 Å².